The summed E-state index contributed by atoms with van der Waals surface area (Å²) in [7, 11) is 1.79. The molecule has 4 heteroatoms. The molecule has 1 amide bonds. The van der Waals surface area contributed by atoms with Crippen LogP contribution in [0.4, 0.5) is 5.69 Å². The molecule has 2 rings (SSSR count). The average molecular weight is 215 g/mol. The largest absolute Gasteiger partial charge is 0.330 e. The SMILES string of the molecule is Cc1cccc(NC(=O)c2nccn2C)c1. The van der Waals surface area contributed by atoms with E-state index in [2.05, 4.69) is 10.3 Å². The number of aromatic nitrogens is 2. The molecule has 1 aromatic carbocycles. The summed E-state index contributed by atoms with van der Waals surface area (Å²) in [5.74, 6) is 0.208. The van der Waals surface area contributed by atoms with E-state index in [4.69, 9.17) is 0 Å². The van der Waals surface area contributed by atoms with Gasteiger partial charge in [-0.3, -0.25) is 4.79 Å². The van der Waals surface area contributed by atoms with Crippen LogP contribution in [0.25, 0.3) is 0 Å². The van der Waals surface area contributed by atoms with Gasteiger partial charge in [0.2, 0.25) is 0 Å². The summed E-state index contributed by atoms with van der Waals surface area (Å²) in [6, 6.07) is 7.66. The van der Waals surface area contributed by atoms with Crippen molar-refractivity contribution >= 4 is 11.6 Å². The predicted molar refractivity (Wildman–Crippen MR) is 62.3 cm³/mol. The standard InChI is InChI=1S/C12H13N3O/c1-9-4-3-5-10(8-9)14-12(16)11-13-6-7-15(11)2/h3-8H,1-2H3,(H,14,16). The number of carbonyl (C=O) groups excluding carboxylic acids is 1. The van der Waals surface area contributed by atoms with Gasteiger partial charge in [0.05, 0.1) is 0 Å². The van der Waals surface area contributed by atoms with Crippen molar-refractivity contribution in [1.29, 1.82) is 0 Å². The number of hydrogen-bond donors (Lipinski definition) is 1. The lowest BCUT2D eigenvalue weighted by molar-refractivity contribution is 0.101. The van der Waals surface area contributed by atoms with Gasteiger partial charge in [-0.05, 0) is 24.6 Å². The number of amides is 1. The van der Waals surface area contributed by atoms with Crippen LogP contribution in [-0.2, 0) is 7.05 Å². The van der Waals surface area contributed by atoms with E-state index in [1.54, 1.807) is 24.0 Å². The van der Waals surface area contributed by atoms with Crippen molar-refractivity contribution in [2.24, 2.45) is 7.05 Å². The number of nitrogens with one attached hydrogen (secondary N) is 1. The molecule has 0 saturated heterocycles. The van der Waals surface area contributed by atoms with Crippen molar-refractivity contribution in [2.75, 3.05) is 5.32 Å². The van der Waals surface area contributed by atoms with Crippen molar-refractivity contribution in [1.82, 2.24) is 9.55 Å². The number of aryl methyl sites for hydroxylation is 2. The number of anilines is 1. The maximum Gasteiger partial charge on any atom is 0.291 e. The highest BCUT2D eigenvalue weighted by Gasteiger charge is 2.10. The lowest BCUT2D eigenvalue weighted by atomic mass is 10.2. The summed E-state index contributed by atoms with van der Waals surface area (Å²) >= 11 is 0. The monoisotopic (exact) mass is 215 g/mol. The number of nitrogens with zero attached hydrogens (tertiary/aromatic N) is 2. The van der Waals surface area contributed by atoms with Gasteiger partial charge < -0.3 is 9.88 Å². The van der Waals surface area contributed by atoms with Gasteiger partial charge in [0.25, 0.3) is 5.91 Å². The Balaban J connectivity index is 2.17. The Morgan fingerprint density at radius 2 is 2.25 bits per heavy atom. The molecule has 1 N–H and O–H groups in total. The van der Waals surface area contributed by atoms with Crippen molar-refractivity contribution in [3.05, 3.63) is 48.0 Å². The molecule has 82 valence electrons. The molecule has 1 aromatic heterocycles. The van der Waals surface area contributed by atoms with E-state index in [-0.39, 0.29) is 5.91 Å². The highest BCUT2D eigenvalue weighted by Crippen LogP contribution is 2.10. The third kappa shape index (κ3) is 2.11. The van der Waals surface area contributed by atoms with Crippen LogP contribution in [0.1, 0.15) is 16.2 Å². The van der Waals surface area contributed by atoms with E-state index in [0.717, 1.165) is 11.3 Å². The highest BCUT2D eigenvalue weighted by molar-refractivity contribution is 6.01. The Morgan fingerprint density at radius 3 is 2.88 bits per heavy atom. The first-order chi connectivity index (χ1) is 7.66. The van der Waals surface area contributed by atoms with Gasteiger partial charge >= 0.3 is 0 Å². The Kier molecular flexibility index (Phi) is 2.72. The van der Waals surface area contributed by atoms with Gasteiger partial charge in [0.1, 0.15) is 0 Å². The van der Waals surface area contributed by atoms with Crippen molar-refractivity contribution in [3.63, 3.8) is 0 Å². The molecule has 4 nitrogen and oxygen atoms in total. The highest BCUT2D eigenvalue weighted by atomic mass is 16.2. The number of rotatable bonds is 2. The van der Waals surface area contributed by atoms with Crippen LogP contribution in [0, 0.1) is 6.92 Å². The molecule has 0 fully saturated rings. The minimum absolute atomic E-state index is 0.196. The van der Waals surface area contributed by atoms with E-state index in [1.807, 2.05) is 31.2 Å². The molecular formula is C12H13N3O. The summed E-state index contributed by atoms with van der Waals surface area (Å²) in [5.41, 5.74) is 1.89. The van der Waals surface area contributed by atoms with Crippen LogP contribution in [0.5, 0.6) is 0 Å². The Bertz CT molecular complexity index is 516. The summed E-state index contributed by atoms with van der Waals surface area (Å²) in [4.78, 5) is 15.8. The Labute approximate surface area is 93.9 Å². The first kappa shape index (κ1) is 10.4. The second kappa shape index (κ2) is 4.18. The normalized spacial score (nSPS) is 10.1. The smallest absolute Gasteiger partial charge is 0.291 e. The molecule has 16 heavy (non-hydrogen) atoms. The second-order valence-corrected chi connectivity index (χ2v) is 3.69. The Morgan fingerprint density at radius 1 is 1.44 bits per heavy atom. The minimum atomic E-state index is -0.196. The molecule has 0 unspecified atom stereocenters. The van der Waals surface area contributed by atoms with Crippen LogP contribution in [-0.4, -0.2) is 15.5 Å². The summed E-state index contributed by atoms with van der Waals surface area (Å²) in [5, 5.41) is 2.80. The van der Waals surface area contributed by atoms with Crippen LogP contribution >= 0.6 is 0 Å². The average Bonchev–Trinajstić information content (AvgIpc) is 2.64. The molecule has 0 atom stereocenters. The summed E-state index contributed by atoms with van der Waals surface area (Å²) in [6.07, 6.45) is 3.34. The number of carbonyl (C=O) groups is 1. The molecule has 1 heterocycles. The first-order valence-corrected chi connectivity index (χ1v) is 5.02. The zero-order valence-electron chi connectivity index (χ0n) is 9.27. The summed E-state index contributed by atoms with van der Waals surface area (Å²) < 4.78 is 1.69. The fourth-order valence-corrected chi connectivity index (χ4v) is 1.49. The lowest BCUT2D eigenvalue weighted by Gasteiger charge is -2.05. The van der Waals surface area contributed by atoms with Gasteiger partial charge in [0.15, 0.2) is 5.82 Å². The van der Waals surface area contributed by atoms with Crippen molar-refractivity contribution < 1.29 is 4.79 Å². The van der Waals surface area contributed by atoms with Crippen LogP contribution in [0.2, 0.25) is 0 Å². The maximum absolute atomic E-state index is 11.8. The second-order valence-electron chi connectivity index (χ2n) is 3.69. The molecule has 0 aliphatic rings. The van der Waals surface area contributed by atoms with E-state index in [9.17, 15) is 4.79 Å². The fraction of sp³-hybridized carbons (Fsp3) is 0.167. The molecular weight excluding hydrogens is 202 g/mol. The van der Waals surface area contributed by atoms with E-state index >= 15 is 0 Å². The van der Waals surface area contributed by atoms with Gasteiger partial charge in [0, 0.05) is 25.1 Å². The van der Waals surface area contributed by atoms with Gasteiger partial charge in [-0.15, -0.1) is 0 Å². The van der Waals surface area contributed by atoms with Crippen molar-refractivity contribution in [2.45, 2.75) is 6.92 Å². The fourth-order valence-electron chi connectivity index (χ4n) is 1.49. The molecule has 0 aliphatic heterocycles. The van der Waals surface area contributed by atoms with Gasteiger partial charge in [-0.2, -0.15) is 0 Å². The van der Waals surface area contributed by atoms with Crippen LogP contribution in [0.3, 0.4) is 0 Å². The number of imidazole rings is 1. The van der Waals surface area contributed by atoms with E-state index in [0.29, 0.717) is 5.82 Å². The van der Waals surface area contributed by atoms with Crippen molar-refractivity contribution in [3.8, 4) is 0 Å². The van der Waals surface area contributed by atoms with Crippen LogP contribution in [0.15, 0.2) is 36.7 Å². The van der Waals surface area contributed by atoms with E-state index in [1.165, 1.54) is 0 Å². The molecule has 0 spiro atoms. The third-order valence-corrected chi connectivity index (χ3v) is 2.30. The van der Waals surface area contributed by atoms with Gasteiger partial charge in [-0.1, -0.05) is 12.1 Å². The lowest BCUT2D eigenvalue weighted by Crippen LogP contribution is -2.16. The maximum atomic E-state index is 11.8. The first-order valence-electron chi connectivity index (χ1n) is 5.02. The number of hydrogen-bond acceptors (Lipinski definition) is 2. The van der Waals surface area contributed by atoms with E-state index < -0.39 is 0 Å². The molecule has 0 aliphatic carbocycles. The third-order valence-electron chi connectivity index (χ3n) is 2.30. The van der Waals surface area contributed by atoms with Gasteiger partial charge in [-0.25, -0.2) is 4.98 Å². The zero-order chi connectivity index (χ0) is 11.5. The quantitative estimate of drug-likeness (QED) is 0.832. The topological polar surface area (TPSA) is 46.9 Å². The molecule has 2 aromatic rings. The predicted octanol–water partition coefficient (Wildman–Crippen LogP) is 1.98. The molecule has 0 radical (unpaired) electrons. The van der Waals surface area contributed by atoms with Crippen LogP contribution < -0.4 is 5.32 Å². The minimum Gasteiger partial charge on any atom is -0.330 e. The Hall–Kier alpha value is -2.10. The summed E-state index contributed by atoms with van der Waals surface area (Å²) in [6.45, 7) is 1.98. The number of benzene rings is 1. The molecule has 0 bridgehead atoms. The zero-order valence-corrected chi connectivity index (χ0v) is 9.27. The molecule has 0 saturated carbocycles.